The third-order valence-electron chi connectivity index (χ3n) is 4.06. The number of nitrogens with two attached hydrogens (primary N) is 1. The summed E-state index contributed by atoms with van der Waals surface area (Å²) in [6, 6.07) is 5.93. The van der Waals surface area contributed by atoms with Crippen LogP contribution >= 0.6 is 11.3 Å². The van der Waals surface area contributed by atoms with Gasteiger partial charge in [0.2, 0.25) is 0 Å². The van der Waals surface area contributed by atoms with Gasteiger partial charge in [-0.1, -0.05) is 0 Å². The highest BCUT2D eigenvalue weighted by Gasteiger charge is 2.21. The molecule has 2 amide bonds. The van der Waals surface area contributed by atoms with Crippen molar-refractivity contribution in [2.75, 3.05) is 12.4 Å². The number of benzene rings is 1. The third-order valence-corrected chi connectivity index (χ3v) is 5.18. The highest BCUT2D eigenvalue weighted by Crippen LogP contribution is 2.33. The van der Waals surface area contributed by atoms with Gasteiger partial charge in [-0.05, 0) is 31.5 Å². The van der Waals surface area contributed by atoms with Crippen molar-refractivity contribution < 1.29 is 18.7 Å². The van der Waals surface area contributed by atoms with Gasteiger partial charge in [0, 0.05) is 22.4 Å². The minimum absolute atomic E-state index is 0.137. The summed E-state index contributed by atoms with van der Waals surface area (Å²) in [6.45, 7) is 3.60. The standard InChI is InChI=1S/C18H16N2O5S/c1-8-9(2)26-18(15(8)16(19)22)20-17(23)12-7-14(21)25-13-6-10(24-3)4-5-11(12)13/h4-7H,1-3H3,(H2,19,22)(H,20,23). The fourth-order valence-corrected chi connectivity index (χ4v) is 3.70. The van der Waals surface area contributed by atoms with E-state index in [1.807, 2.05) is 6.92 Å². The Bertz CT molecular complexity index is 1100. The van der Waals surface area contributed by atoms with Crippen LogP contribution in [0.1, 0.15) is 31.2 Å². The van der Waals surface area contributed by atoms with Gasteiger partial charge < -0.3 is 20.2 Å². The molecule has 2 aromatic heterocycles. The number of ether oxygens (including phenoxy) is 1. The lowest BCUT2D eigenvalue weighted by Gasteiger charge is -2.08. The van der Waals surface area contributed by atoms with E-state index in [2.05, 4.69) is 5.32 Å². The lowest BCUT2D eigenvalue weighted by molar-refractivity contribution is 0.100. The van der Waals surface area contributed by atoms with Gasteiger partial charge in [0.1, 0.15) is 16.3 Å². The third kappa shape index (κ3) is 3.06. The lowest BCUT2D eigenvalue weighted by Crippen LogP contribution is -2.18. The number of carbonyl (C=O) groups is 2. The predicted molar refractivity (Wildman–Crippen MR) is 99.3 cm³/mol. The first kappa shape index (κ1) is 17.7. The number of nitrogens with one attached hydrogen (secondary N) is 1. The number of amides is 2. The Balaban J connectivity index is 2.08. The molecule has 0 aliphatic carbocycles. The van der Waals surface area contributed by atoms with Gasteiger partial charge in [-0.15, -0.1) is 11.3 Å². The topological polar surface area (TPSA) is 112 Å². The summed E-state index contributed by atoms with van der Waals surface area (Å²) in [6.07, 6.45) is 0. The molecule has 0 spiro atoms. The number of hydrogen-bond donors (Lipinski definition) is 2. The van der Waals surface area contributed by atoms with E-state index in [1.54, 1.807) is 19.1 Å². The minimum atomic E-state index is -0.662. The van der Waals surface area contributed by atoms with Crippen molar-refractivity contribution in [3.05, 3.63) is 56.3 Å². The number of anilines is 1. The maximum absolute atomic E-state index is 12.8. The zero-order valence-corrected chi connectivity index (χ0v) is 15.2. The monoisotopic (exact) mass is 372 g/mol. The molecule has 8 heteroatoms. The summed E-state index contributed by atoms with van der Waals surface area (Å²) >= 11 is 1.25. The Kier molecular flexibility index (Phi) is 4.52. The van der Waals surface area contributed by atoms with Crippen molar-refractivity contribution in [1.82, 2.24) is 0 Å². The summed E-state index contributed by atoms with van der Waals surface area (Å²) < 4.78 is 10.2. The molecule has 3 aromatic rings. The minimum Gasteiger partial charge on any atom is -0.497 e. The quantitative estimate of drug-likeness (QED) is 0.684. The summed E-state index contributed by atoms with van der Waals surface area (Å²) in [5, 5.41) is 3.49. The fraction of sp³-hybridized carbons (Fsp3) is 0.167. The van der Waals surface area contributed by atoms with E-state index in [-0.39, 0.29) is 16.7 Å². The van der Waals surface area contributed by atoms with Gasteiger partial charge in [0.05, 0.1) is 18.2 Å². The first-order valence-corrected chi connectivity index (χ1v) is 8.46. The van der Waals surface area contributed by atoms with Gasteiger partial charge >= 0.3 is 5.63 Å². The molecule has 0 saturated heterocycles. The van der Waals surface area contributed by atoms with Crippen LogP contribution in [0.15, 0.2) is 33.5 Å². The van der Waals surface area contributed by atoms with Crippen molar-refractivity contribution in [2.45, 2.75) is 13.8 Å². The van der Waals surface area contributed by atoms with E-state index < -0.39 is 17.4 Å². The average molecular weight is 372 g/mol. The molecule has 0 bridgehead atoms. The van der Waals surface area contributed by atoms with Gasteiger partial charge in [0.15, 0.2) is 0 Å². The molecule has 0 fully saturated rings. The van der Waals surface area contributed by atoms with Crippen LogP contribution in [0.4, 0.5) is 5.00 Å². The Hall–Kier alpha value is -3.13. The number of fused-ring (bicyclic) bond motifs is 1. The molecule has 2 heterocycles. The van der Waals surface area contributed by atoms with Crippen LogP contribution < -0.4 is 21.4 Å². The summed E-state index contributed by atoms with van der Waals surface area (Å²) in [7, 11) is 1.49. The Morgan fingerprint density at radius 2 is 1.96 bits per heavy atom. The maximum atomic E-state index is 12.8. The van der Waals surface area contributed by atoms with Gasteiger partial charge in [-0.2, -0.15) is 0 Å². The van der Waals surface area contributed by atoms with E-state index in [0.717, 1.165) is 16.5 Å². The molecule has 0 aliphatic rings. The van der Waals surface area contributed by atoms with E-state index in [4.69, 9.17) is 14.9 Å². The molecule has 1 aromatic carbocycles. The van der Waals surface area contributed by atoms with Crippen molar-refractivity contribution in [3.8, 4) is 5.75 Å². The normalized spacial score (nSPS) is 10.7. The molecule has 7 nitrogen and oxygen atoms in total. The fourth-order valence-electron chi connectivity index (χ4n) is 2.64. The molecule has 26 heavy (non-hydrogen) atoms. The van der Waals surface area contributed by atoms with Crippen LogP contribution in [0.25, 0.3) is 11.0 Å². The van der Waals surface area contributed by atoms with Gasteiger partial charge in [-0.25, -0.2) is 4.79 Å². The summed E-state index contributed by atoms with van der Waals surface area (Å²) in [4.78, 5) is 37.2. The second-order valence-electron chi connectivity index (χ2n) is 5.65. The van der Waals surface area contributed by atoms with Gasteiger partial charge in [0.25, 0.3) is 11.8 Å². The Labute approximate surface area is 152 Å². The first-order valence-electron chi connectivity index (χ1n) is 7.65. The number of aryl methyl sites for hydroxylation is 1. The summed E-state index contributed by atoms with van der Waals surface area (Å²) in [5.74, 6) is -0.653. The van der Waals surface area contributed by atoms with E-state index >= 15 is 0 Å². The van der Waals surface area contributed by atoms with Crippen LogP contribution in [0.5, 0.6) is 5.75 Å². The van der Waals surface area contributed by atoms with Crippen molar-refractivity contribution in [1.29, 1.82) is 0 Å². The molecule has 0 atom stereocenters. The molecular formula is C18H16N2O5S. The van der Waals surface area contributed by atoms with E-state index in [9.17, 15) is 14.4 Å². The van der Waals surface area contributed by atoms with Crippen LogP contribution in [-0.4, -0.2) is 18.9 Å². The Morgan fingerprint density at radius 3 is 2.62 bits per heavy atom. The second kappa shape index (κ2) is 6.64. The molecule has 0 radical (unpaired) electrons. The first-order chi connectivity index (χ1) is 12.3. The number of thiophene rings is 1. The molecule has 3 N–H and O–H groups in total. The van der Waals surface area contributed by atoms with Gasteiger partial charge in [-0.3, -0.25) is 9.59 Å². The second-order valence-corrected chi connectivity index (χ2v) is 6.87. The number of primary amides is 1. The molecule has 0 aliphatic heterocycles. The molecule has 0 unspecified atom stereocenters. The van der Waals surface area contributed by atoms with Crippen molar-refractivity contribution in [2.24, 2.45) is 5.73 Å². The van der Waals surface area contributed by atoms with Crippen LogP contribution in [-0.2, 0) is 0 Å². The molecule has 134 valence electrons. The molecule has 3 rings (SSSR count). The van der Waals surface area contributed by atoms with Crippen LogP contribution in [0, 0.1) is 13.8 Å². The van der Waals surface area contributed by atoms with Crippen LogP contribution in [0.3, 0.4) is 0 Å². The molecule has 0 saturated carbocycles. The number of rotatable bonds is 4. The number of methoxy groups -OCH3 is 1. The zero-order chi connectivity index (χ0) is 19.0. The highest BCUT2D eigenvalue weighted by molar-refractivity contribution is 7.16. The van der Waals surface area contributed by atoms with Crippen LogP contribution in [0.2, 0.25) is 0 Å². The van der Waals surface area contributed by atoms with E-state index in [1.165, 1.54) is 24.5 Å². The SMILES string of the molecule is COc1ccc2c(C(=O)Nc3sc(C)c(C)c3C(N)=O)cc(=O)oc2c1. The zero-order valence-electron chi connectivity index (χ0n) is 14.3. The number of hydrogen-bond acceptors (Lipinski definition) is 6. The highest BCUT2D eigenvalue weighted by atomic mass is 32.1. The maximum Gasteiger partial charge on any atom is 0.337 e. The lowest BCUT2D eigenvalue weighted by atomic mass is 10.1. The Morgan fingerprint density at radius 1 is 1.23 bits per heavy atom. The van der Waals surface area contributed by atoms with Crippen molar-refractivity contribution in [3.63, 3.8) is 0 Å². The van der Waals surface area contributed by atoms with E-state index in [0.29, 0.717) is 16.1 Å². The largest absolute Gasteiger partial charge is 0.497 e. The molecular weight excluding hydrogens is 356 g/mol. The average Bonchev–Trinajstić information content (AvgIpc) is 2.87. The smallest absolute Gasteiger partial charge is 0.337 e. The summed E-state index contributed by atoms with van der Waals surface area (Å²) in [5.41, 5.74) is 6.13. The number of carbonyl (C=O) groups excluding carboxylic acids is 2. The predicted octanol–water partition coefficient (Wildman–Crippen LogP) is 2.83. The van der Waals surface area contributed by atoms with Crippen molar-refractivity contribution >= 4 is 39.1 Å².